The second kappa shape index (κ2) is 7.50. The molecule has 0 spiro atoms. The predicted octanol–water partition coefficient (Wildman–Crippen LogP) is 2.78. The van der Waals surface area contributed by atoms with Crippen LogP contribution in [-0.2, 0) is 13.1 Å². The molecule has 4 nitrogen and oxygen atoms in total. The fourth-order valence-electron chi connectivity index (χ4n) is 1.94. The molecule has 0 bridgehead atoms. The van der Waals surface area contributed by atoms with Gasteiger partial charge in [0.15, 0.2) is 0 Å². The second-order valence-corrected chi connectivity index (χ2v) is 4.39. The molecule has 0 saturated heterocycles. The van der Waals surface area contributed by atoms with E-state index in [0.717, 1.165) is 24.4 Å². The summed E-state index contributed by atoms with van der Waals surface area (Å²) in [5.41, 5.74) is 2.36. The average molecular weight is 272 g/mol. The smallest absolute Gasteiger partial charge is 0.213 e. The van der Waals surface area contributed by atoms with Crippen molar-refractivity contribution in [2.45, 2.75) is 20.0 Å². The molecule has 2 aromatic rings. The van der Waals surface area contributed by atoms with E-state index < -0.39 is 0 Å². The highest BCUT2D eigenvalue weighted by atomic mass is 16.5. The molecule has 0 radical (unpaired) electrons. The lowest BCUT2D eigenvalue weighted by molar-refractivity contribution is 0.340. The van der Waals surface area contributed by atoms with E-state index in [9.17, 15) is 0 Å². The van der Waals surface area contributed by atoms with Gasteiger partial charge in [-0.3, -0.25) is 0 Å². The largest absolute Gasteiger partial charge is 0.494 e. The molecule has 0 fully saturated rings. The summed E-state index contributed by atoms with van der Waals surface area (Å²) in [6.07, 6.45) is 1.76. The van der Waals surface area contributed by atoms with Crippen LogP contribution in [0.25, 0.3) is 0 Å². The number of benzene rings is 1. The maximum atomic E-state index is 5.49. The Balaban J connectivity index is 1.87. The van der Waals surface area contributed by atoms with Crippen LogP contribution in [0.2, 0.25) is 0 Å². The van der Waals surface area contributed by atoms with Gasteiger partial charge in [0.1, 0.15) is 5.75 Å². The van der Waals surface area contributed by atoms with E-state index in [2.05, 4.69) is 22.4 Å². The second-order valence-electron chi connectivity index (χ2n) is 4.39. The van der Waals surface area contributed by atoms with E-state index in [4.69, 9.17) is 9.47 Å². The van der Waals surface area contributed by atoms with Crippen molar-refractivity contribution in [3.8, 4) is 11.6 Å². The van der Waals surface area contributed by atoms with Gasteiger partial charge in [-0.25, -0.2) is 4.98 Å². The van der Waals surface area contributed by atoms with Crippen LogP contribution in [-0.4, -0.2) is 18.7 Å². The molecule has 0 atom stereocenters. The van der Waals surface area contributed by atoms with Crippen molar-refractivity contribution >= 4 is 0 Å². The van der Waals surface area contributed by atoms with Crippen LogP contribution in [0, 0.1) is 0 Å². The Morgan fingerprint density at radius 3 is 2.65 bits per heavy atom. The molecule has 106 valence electrons. The lowest BCUT2D eigenvalue weighted by atomic mass is 10.2. The van der Waals surface area contributed by atoms with Gasteiger partial charge in [-0.1, -0.05) is 12.1 Å². The first-order chi connectivity index (χ1) is 9.81. The molecule has 1 heterocycles. The fraction of sp³-hybridized carbons (Fsp3) is 0.312. The number of methoxy groups -OCH3 is 1. The summed E-state index contributed by atoms with van der Waals surface area (Å²) in [6.45, 7) is 4.25. The molecule has 0 saturated carbocycles. The molecule has 1 aromatic carbocycles. The highest BCUT2D eigenvalue weighted by molar-refractivity contribution is 5.28. The van der Waals surface area contributed by atoms with Crippen molar-refractivity contribution in [3.63, 3.8) is 0 Å². The van der Waals surface area contributed by atoms with Gasteiger partial charge in [0, 0.05) is 25.4 Å². The Morgan fingerprint density at radius 1 is 1.10 bits per heavy atom. The van der Waals surface area contributed by atoms with Gasteiger partial charge in [-0.2, -0.15) is 0 Å². The molecular weight excluding hydrogens is 252 g/mol. The number of nitrogens with zero attached hydrogens (tertiary/aromatic N) is 1. The van der Waals surface area contributed by atoms with Crippen molar-refractivity contribution < 1.29 is 9.47 Å². The number of hydrogen-bond acceptors (Lipinski definition) is 4. The van der Waals surface area contributed by atoms with Gasteiger partial charge in [-0.05, 0) is 36.2 Å². The van der Waals surface area contributed by atoms with Crippen LogP contribution in [0.5, 0.6) is 11.6 Å². The van der Waals surface area contributed by atoms with E-state index in [-0.39, 0.29) is 0 Å². The van der Waals surface area contributed by atoms with E-state index in [0.29, 0.717) is 12.5 Å². The topological polar surface area (TPSA) is 43.4 Å². The monoisotopic (exact) mass is 272 g/mol. The molecule has 20 heavy (non-hydrogen) atoms. The molecule has 0 aliphatic rings. The average Bonchev–Trinajstić information content (AvgIpc) is 2.48. The molecule has 0 amide bonds. The minimum atomic E-state index is 0.641. The quantitative estimate of drug-likeness (QED) is 0.841. The van der Waals surface area contributed by atoms with Gasteiger partial charge in [0.25, 0.3) is 0 Å². The number of aromatic nitrogens is 1. The highest BCUT2D eigenvalue weighted by Crippen LogP contribution is 2.13. The number of rotatable bonds is 7. The predicted molar refractivity (Wildman–Crippen MR) is 78.9 cm³/mol. The number of pyridine rings is 1. The first-order valence-corrected chi connectivity index (χ1v) is 6.73. The summed E-state index contributed by atoms with van der Waals surface area (Å²) in [5.74, 6) is 1.56. The summed E-state index contributed by atoms with van der Waals surface area (Å²) >= 11 is 0. The lowest BCUT2D eigenvalue weighted by Gasteiger charge is -2.08. The Kier molecular flexibility index (Phi) is 5.38. The maximum absolute atomic E-state index is 5.49. The standard InChI is InChI=1S/C16H20N2O2/c1-3-20-15-6-4-5-13(9-15)11-17-12-14-7-8-18-16(10-14)19-2/h4-10,17H,3,11-12H2,1-2H3. The minimum absolute atomic E-state index is 0.641. The van der Waals surface area contributed by atoms with Crippen molar-refractivity contribution in [3.05, 3.63) is 53.7 Å². The first-order valence-electron chi connectivity index (χ1n) is 6.73. The van der Waals surface area contributed by atoms with Gasteiger partial charge in [-0.15, -0.1) is 0 Å². The molecular formula is C16H20N2O2. The molecule has 0 aliphatic heterocycles. The molecule has 0 unspecified atom stereocenters. The molecule has 1 N–H and O–H groups in total. The zero-order valence-corrected chi connectivity index (χ0v) is 11.9. The maximum Gasteiger partial charge on any atom is 0.213 e. The third kappa shape index (κ3) is 4.24. The Hall–Kier alpha value is -2.07. The third-order valence-corrected chi connectivity index (χ3v) is 2.88. The first kappa shape index (κ1) is 14.3. The van der Waals surface area contributed by atoms with E-state index in [1.165, 1.54) is 5.56 Å². The zero-order valence-electron chi connectivity index (χ0n) is 11.9. The Morgan fingerprint density at radius 2 is 1.90 bits per heavy atom. The number of nitrogens with one attached hydrogen (secondary N) is 1. The lowest BCUT2D eigenvalue weighted by Crippen LogP contribution is -2.12. The van der Waals surface area contributed by atoms with Crippen LogP contribution in [0.15, 0.2) is 42.6 Å². The Bertz CT molecular complexity index is 544. The molecule has 2 rings (SSSR count). The summed E-state index contributed by atoms with van der Waals surface area (Å²) < 4.78 is 10.6. The van der Waals surface area contributed by atoms with Crippen LogP contribution < -0.4 is 14.8 Å². The summed E-state index contributed by atoms with van der Waals surface area (Å²) in [6, 6.07) is 12.0. The van der Waals surface area contributed by atoms with Crippen molar-refractivity contribution in [2.24, 2.45) is 0 Å². The van der Waals surface area contributed by atoms with Gasteiger partial charge in [0.2, 0.25) is 5.88 Å². The zero-order chi connectivity index (χ0) is 14.2. The minimum Gasteiger partial charge on any atom is -0.494 e. The molecule has 1 aromatic heterocycles. The van der Waals surface area contributed by atoms with Gasteiger partial charge < -0.3 is 14.8 Å². The van der Waals surface area contributed by atoms with E-state index >= 15 is 0 Å². The van der Waals surface area contributed by atoms with Gasteiger partial charge >= 0.3 is 0 Å². The van der Waals surface area contributed by atoms with E-state index in [1.54, 1.807) is 13.3 Å². The third-order valence-electron chi connectivity index (χ3n) is 2.88. The number of ether oxygens (including phenoxy) is 2. The van der Waals surface area contributed by atoms with Crippen LogP contribution in [0.4, 0.5) is 0 Å². The van der Waals surface area contributed by atoms with Gasteiger partial charge in [0.05, 0.1) is 13.7 Å². The molecule has 0 aliphatic carbocycles. The highest BCUT2D eigenvalue weighted by Gasteiger charge is 1.99. The summed E-state index contributed by atoms with van der Waals surface area (Å²) in [7, 11) is 1.62. The van der Waals surface area contributed by atoms with Crippen LogP contribution in [0.3, 0.4) is 0 Å². The molecule has 4 heteroatoms. The van der Waals surface area contributed by atoms with E-state index in [1.807, 2.05) is 31.2 Å². The fourth-order valence-corrected chi connectivity index (χ4v) is 1.94. The number of hydrogen-bond donors (Lipinski definition) is 1. The summed E-state index contributed by atoms with van der Waals surface area (Å²) in [5, 5.41) is 3.40. The normalized spacial score (nSPS) is 10.3. The van der Waals surface area contributed by atoms with Crippen molar-refractivity contribution in [1.82, 2.24) is 10.3 Å². The Labute approximate surface area is 119 Å². The van der Waals surface area contributed by atoms with Crippen LogP contribution >= 0.6 is 0 Å². The van der Waals surface area contributed by atoms with Crippen LogP contribution in [0.1, 0.15) is 18.1 Å². The van der Waals surface area contributed by atoms with Crippen molar-refractivity contribution in [1.29, 1.82) is 0 Å². The SMILES string of the molecule is CCOc1cccc(CNCc2ccnc(OC)c2)c1. The van der Waals surface area contributed by atoms with Crippen molar-refractivity contribution in [2.75, 3.05) is 13.7 Å². The summed E-state index contributed by atoms with van der Waals surface area (Å²) in [4.78, 5) is 4.09.